The van der Waals surface area contributed by atoms with Crippen LogP contribution in [-0.4, -0.2) is 16.7 Å². The number of para-hydroxylation sites is 1. The van der Waals surface area contributed by atoms with Gasteiger partial charge in [-0.25, -0.2) is 4.99 Å². The largest absolute Gasteiger partial charge is 0.467 e. The molecular weight excluding hydrogens is 430 g/mol. The number of nitrogens with one attached hydrogen (secondary N) is 1. The number of aliphatic imine (C=N–C) groups is 1. The third-order valence-electron chi connectivity index (χ3n) is 6.19. The molecule has 0 bridgehead atoms. The number of nitrogens with zero attached hydrogens (tertiary/aromatic N) is 2. The molecule has 1 N–H and O–H groups in total. The van der Waals surface area contributed by atoms with Gasteiger partial charge in [0.15, 0.2) is 0 Å². The van der Waals surface area contributed by atoms with E-state index in [-0.39, 0.29) is 5.91 Å². The van der Waals surface area contributed by atoms with Gasteiger partial charge >= 0.3 is 0 Å². The van der Waals surface area contributed by atoms with Crippen molar-refractivity contribution in [3.63, 3.8) is 0 Å². The molecule has 0 radical (unpaired) electrons. The quantitative estimate of drug-likeness (QED) is 0.345. The van der Waals surface area contributed by atoms with Crippen molar-refractivity contribution in [2.24, 2.45) is 4.99 Å². The van der Waals surface area contributed by atoms with Gasteiger partial charge in [0.05, 0.1) is 18.4 Å². The van der Waals surface area contributed by atoms with Crippen LogP contribution in [-0.2, 0) is 19.4 Å². The number of thiophene rings is 1. The Hall–Kier alpha value is -3.38. The zero-order chi connectivity index (χ0) is 22.8. The summed E-state index contributed by atoms with van der Waals surface area (Å²) in [4.78, 5) is 19.3. The number of carbonyl (C=O) groups is 1. The van der Waals surface area contributed by atoms with Gasteiger partial charge in [0.1, 0.15) is 10.8 Å². The van der Waals surface area contributed by atoms with Crippen LogP contribution in [0.2, 0.25) is 0 Å². The highest BCUT2D eigenvalue weighted by Gasteiger charge is 2.25. The number of furan rings is 1. The Morgan fingerprint density at radius 3 is 2.76 bits per heavy atom. The molecule has 1 aliphatic rings. The maximum Gasteiger partial charge on any atom is 0.255 e. The summed E-state index contributed by atoms with van der Waals surface area (Å²) in [5.74, 6) is 0.665. The Kier molecular flexibility index (Phi) is 6.01. The van der Waals surface area contributed by atoms with Crippen LogP contribution >= 0.6 is 11.3 Å². The number of fused-ring (bicyclic) bond motifs is 1. The summed E-state index contributed by atoms with van der Waals surface area (Å²) in [5, 5.41) is 3.81. The van der Waals surface area contributed by atoms with E-state index in [2.05, 4.69) is 41.9 Å². The van der Waals surface area contributed by atoms with Crippen LogP contribution in [0.1, 0.15) is 56.4 Å². The monoisotopic (exact) mass is 457 g/mol. The van der Waals surface area contributed by atoms with E-state index >= 15 is 0 Å². The minimum absolute atomic E-state index is 0.0762. The van der Waals surface area contributed by atoms with Crippen molar-refractivity contribution < 1.29 is 9.21 Å². The first-order valence-electron chi connectivity index (χ1n) is 11.4. The first-order chi connectivity index (χ1) is 16.1. The molecule has 1 aliphatic carbocycles. The second kappa shape index (κ2) is 9.24. The lowest BCUT2D eigenvalue weighted by molar-refractivity contribution is 0.0948. The molecule has 0 saturated carbocycles. The molecule has 168 valence electrons. The summed E-state index contributed by atoms with van der Waals surface area (Å²) in [6, 6.07) is 16.2. The second-order valence-electron chi connectivity index (χ2n) is 8.41. The van der Waals surface area contributed by atoms with Crippen LogP contribution in [0.15, 0.2) is 64.2 Å². The van der Waals surface area contributed by atoms with Gasteiger partial charge in [0, 0.05) is 33.7 Å². The SMILES string of the molecule is Cc1cc(C=Nc2sc3c(c2C(=O)NCc2ccco2)CCCC3)c(C)n1-c1ccccc1. The highest BCUT2D eigenvalue weighted by molar-refractivity contribution is 7.16. The van der Waals surface area contributed by atoms with E-state index in [0.717, 1.165) is 58.2 Å². The fraction of sp³-hybridized carbons (Fsp3) is 0.259. The number of benzene rings is 1. The van der Waals surface area contributed by atoms with Crippen LogP contribution < -0.4 is 5.32 Å². The molecule has 0 saturated heterocycles. The van der Waals surface area contributed by atoms with Gasteiger partial charge in [0.25, 0.3) is 5.91 Å². The molecule has 6 heteroatoms. The molecule has 0 unspecified atom stereocenters. The molecule has 0 spiro atoms. The summed E-state index contributed by atoms with van der Waals surface area (Å²) < 4.78 is 7.60. The molecule has 1 aromatic carbocycles. The van der Waals surface area contributed by atoms with Crippen LogP contribution in [0.4, 0.5) is 5.00 Å². The first-order valence-corrected chi connectivity index (χ1v) is 12.2. The highest BCUT2D eigenvalue weighted by atomic mass is 32.1. The molecule has 5 rings (SSSR count). The summed E-state index contributed by atoms with van der Waals surface area (Å²) in [7, 11) is 0. The van der Waals surface area contributed by atoms with Crippen molar-refractivity contribution in [3.05, 3.63) is 93.5 Å². The van der Waals surface area contributed by atoms with Crippen LogP contribution in [0.3, 0.4) is 0 Å². The van der Waals surface area contributed by atoms with Gasteiger partial charge in [-0.1, -0.05) is 18.2 Å². The van der Waals surface area contributed by atoms with Crippen molar-refractivity contribution >= 4 is 28.5 Å². The maximum atomic E-state index is 13.2. The molecule has 4 aromatic rings. The molecule has 1 amide bonds. The Balaban J connectivity index is 1.46. The van der Waals surface area contributed by atoms with Crippen molar-refractivity contribution in [1.82, 2.24) is 9.88 Å². The lowest BCUT2D eigenvalue weighted by Crippen LogP contribution is -2.23. The standard InChI is InChI=1S/C27H27N3O2S/c1-18-15-20(19(2)30(18)21-9-4-3-5-10-21)16-29-27-25(23-12-6-7-13-24(23)33-27)26(31)28-17-22-11-8-14-32-22/h3-5,8-11,14-16H,6-7,12-13,17H2,1-2H3,(H,28,31). The van der Waals surface area contributed by atoms with Crippen molar-refractivity contribution in [2.75, 3.05) is 0 Å². The first kappa shape index (κ1) is 21.5. The molecule has 0 fully saturated rings. The summed E-state index contributed by atoms with van der Waals surface area (Å²) in [6.07, 6.45) is 7.77. The number of aryl methyl sites for hydroxylation is 2. The van der Waals surface area contributed by atoms with Crippen molar-refractivity contribution in [2.45, 2.75) is 46.1 Å². The number of hydrogen-bond donors (Lipinski definition) is 1. The molecule has 5 nitrogen and oxygen atoms in total. The number of amides is 1. The molecule has 3 aromatic heterocycles. The normalized spacial score (nSPS) is 13.4. The minimum atomic E-state index is -0.0762. The average molecular weight is 458 g/mol. The van der Waals surface area contributed by atoms with E-state index in [1.54, 1.807) is 17.6 Å². The van der Waals surface area contributed by atoms with Gasteiger partial charge in [0.2, 0.25) is 0 Å². The summed E-state index contributed by atoms with van der Waals surface area (Å²) in [6.45, 7) is 4.59. The predicted octanol–water partition coefficient (Wildman–Crippen LogP) is 6.31. The van der Waals surface area contributed by atoms with Crippen LogP contribution in [0, 0.1) is 13.8 Å². The van der Waals surface area contributed by atoms with Crippen LogP contribution in [0.5, 0.6) is 0 Å². The predicted molar refractivity (Wildman–Crippen MR) is 133 cm³/mol. The molecule has 33 heavy (non-hydrogen) atoms. The number of carbonyl (C=O) groups excluding carboxylic acids is 1. The van der Waals surface area contributed by atoms with Gasteiger partial charge in [-0.15, -0.1) is 11.3 Å². The topological polar surface area (TPSA) is 59.5 Å². The Bertz CT molecular complexity index is 1300. The lowest BCUT2D eigenvalue weighted by atomic mass is 9.95. The number of rotatable bonds is 6. The van der Waals surface area contributed by atoms with Crippen molar-refractivity contribution in [3.8, 4) is 5.69 Å². The van der Waals surface area contributed by atoms with E-state index in [1.165, 1.54) is 16.9 Å². The summed E-state index contributed by atoms with van der Waals surface area (Å²) in [5.41, 5.74) is 6.38. The summed E-state index contributed by atoms with van der Waals surface area (Å²) >= 11 is 1.66. The van der Waals surface area contributed by atoms with Gasteiger partial charge in [-0.2, -0.15) is 0 Å². The Labute approximate surface area is 197 Å². The van der Waals surface area contributed by atoms with Crippen molar-refractivity contribution in [1.29, 1.82) is 0 Å². The fourth-order valence-corrected chi connectivity index (χ4v) is 5.80. The molecule has 0 atom stereocenters. The zero-order valence-corrected chi connectivity index (χ0v) is 19.7. The third-order valence-corrected chi connectivity index (χ3v) is 7.39. The van der Waals surface area contributed by atoms with E-state index in [1.807, 2.05) is 36.5 Å². The molecule has 3 heterocycles. The van der Waals surface area contributed by atoms with E-state index in [0.29, 0.717) is 6.54 Å². The van der Waals surface area contributed by atoms with Crippen LogP contribution in [0.25, 0.3) is 5.69 Å². The lowest BCUT2D eigenvalue weighted by Gasteiger charge is -2.12. The molecule has 0 aliphatic heterocycles. The smallest absolute Gasteiger partial charge is 0.255 e. The van der Waals surface area contributed by atoms with E-state index < -0.39 is 0 Å². The Morgan fingerprint density at radius 2 is 1.97 bits per heavy atom. The zero-order valence-electron chi connectivity index (χ0n) is 18.9. The van der Waals surface area contributed by atoms with Gasteiger partial charge in [-0.05, 0) is 75.4 Å². The number of hydrogen-bond acceptors (Lipinski definition) is 4. The second-order valence-corrected chi connectivity index (χ2v) is 9.49. The molecular formula is C27H27N3O2S. The van der Waals surface area contributed by atoms with E-state index in [4.69, 9.17) is 9.41 Å². The van der Waals surface area contributed by atoms with E-state index in [9.17, 15) is 4.79 Å². The minimum Gasteiger partial charge on any atom is -0.467 e. The fourth-order valence-electron chi connectivity index (χ4n) is 4.57. The number of aromatic nitrogens is 1. The maximum absolute atomic E-state index is 13.2. The van der Waals surface area contributed by atoms with Gasteiger partial charge < -0.3 is 14.3 Å². The third kappa shape index (κ3) is 4.31. The Morgan fingerprint density at radius 1 is 1.15 bits per heavy atom. The van der Waals surface area contributed by atoms with Gasteiger partial charge in [-0.3, -0.25) is 4.79 Å². The average Bonchev–Trinajstić information content (AvgIpc) is 3.54. The highest BCUT2D eigenvalue weighted by Crippen LogP contribution is 2.40.